The largest absolute Gasteiger partial charge is 0.468 e. The van der Waals surface area contributed by atoms with E-state index in [9.17, 15) is 4.79 Å². The molecular formula is C24H33N3O2. The van der Waals surface area contributed by atoms with E-state index in [1.54, 1.807) is 6.26 Å². The van der Waals surface area contributed by atoms with Gasteiger partial charge in [0, 0.05) is 19.5 Å². The zero-order chi connectivity index (χ0) is 20.3. The van der Waals surface area contributed by atoms with E-state index in [0.717, 1.165) is 51.2 Å². The van der Waals surface area contributed by atoms with E-state index in [1.165, 1.54) is 11.1 Å². The van der Waals surface area contributed by atoms with Crippen molar-refractivity contribution in [2.75, 3.05) is 40.3 Å². The van der Waals surface area contributed by atoms with Crippen LogP contribution in [0.25, 0.3) is 0 Å². The van der Waals surface area contributed by atoms with Crippen LogP contribution in [0.3, 0.4) is 0 Å². The highest BCUT2D eigenvalue weighted by molar-refractivity contribution is 5.77. The summed E-state index contributed by atoms with van der Waals surface area (Å²) in [6.45, 7) is 4.64. The molecule has 1 spiro atoms. The lowest BCUT2D eigenvalue weighted by molar-refractivity contribution is -0.121. The molecule has 0 radical (unpaired) electrons. The number of hydrogen-bond donors (Lipinski definition) is 1. The molecule has 29 heavy (non-hydrogen) atoms. The summed E-state index contributed by atoms with van der Waals surface area (Å²) in [5.74, 6) is 1.56. The fourth-order valence-electron chi connectivity index (χ4n) is 5.16. The number of likely N-dealkylation sites (tertiary alicyclic amines) is 1. The maximum absolute atomic E-state index is 12.5. The summed E-state index contributed by atoms with van der Waals surface area (Å²) >= 11 is 0. The van der Waals surface area contributed by atoms with Crippen LogP contribution < -0.4 is 5.32 Å². The summed E-state index contributed by atoms with van der Waals surface area (Å²) in [7, 11) is 4.06. The molecule has 1 atom stereocenters. The third-order valence-corrected chi connectivity index (χ3v) is 6.69. The SMILES string of the molecule is CN(C)CCNC(=O)C[C@H]1CC2(CCN(Cc3ccco3)CC2)c2ccccc21. The van der Waals surface area contributed by atoms with Gasteiger partial charge in [0.1, 0.15) is 5.76 Å². The Labute approximate surface area is 174 Å². The zero-order valence-corrected chi connectivity index (χ0v) is 17.7. The Bertz CT molecular complexity index is 807. The van der Waals surface area contributed by atoms with Gasteiger partial charge < -0.3 is 14.6 Å². The summed E-state index contributed by atoms with van der Waals surface area (Å²) in [5.41, 5.74) is 3.11. The Kier molecular flexibility index (Phi) is 6.07. The number of likely N-dealkylation sites (N-methyl/N-ethyl adjacent to an activating group) is 1. The normalized spacial score (nSPS) is 20.9. The highest BCUT2D eigenvalue weighted by Crippen LogP contribution is 2.52. The first-order chi connectivity index (χ1) is 14.1. The third kappa shape index (κ3) is 4.57. The molecule has 1 aliphatic carbocycles. The van der Waals surface area contributed by atoms with Crippen LogP contribution >= 0.6 is 0 Å². The maximum atomic E-state index is 12.5. The first-order valence-corrected chi connectivity index (χ1v) is 10.8. The van der Waals surface area contributed by atoms with Crippen molar-refractivity contribution in [2.24, 2.45) is 0 Å². The second-order valence-electron chi connectivity index (χ2n) is 8.98. The highest BCUT2D eigenvalue weighted by Gasteiger charge is 2.45. The van der Waals surface area contributed by atoms with Gasteiger partial charge in [-0.1, -0.05) is 24.3 Å². The van der Waals surface area contributed by atoms with Crippen molar-refractivity contribution < 1.29 is 9.21 Å². The molecular weight excluding hydrogens is 362 g/mol. The first kappa shape index (κ1) is 20.2. The number of carbonyl (C=O) groups excluding carboxylic acids is 1. The zero-order valence-electron chi connectivity index (χ0n) is 17.7. The van der Waals surface area contributed by atoms with Crippen LogP contribution in [0.5, 0.6) is 0 Å². The predicted molar refractivity (Wildman–Crippen MR) is 115 cm³/mol. The predicted octanol–water partition coefficient (Wildman–Crippen LogP) is 3.37. The molecule has 4 rings (SSSR count). The van der Waals surface area contributed by atoms with Crippen molar-refractivity contribution in [3.05, 3.63) is 59.5 Å². The monoisotopic (exact) mass is 395 g/mol. The summed E-state index contributed by atoms with van der Waals surface area (Å²) in [6.07, 6.45) is 5.76. The molecule has 2 aliphatic rings. The van der Waals surface area contributed by atoms with Crippen molar-refractivity contribution >= 4 is 5.91 Å². The molecule has 0 bridgehead atoms. The highest BCUT2D eigenvalue weighted by atomic mass is 16.3. The number of nitrogens with zero attached hydrogens (tertiary/aromatic N) is 2. The summed E-state index contributed by atoms with van der Waals surface area (Å²) in [5, 5.41) is 3.10. The Balaban J connectivity index is 1.40. The standard InChI is InChI=1S/C24H33N3O2/c1-26(2)14-11-25-23(28)16-19-17-24(22-8-4-3-7-21(19)22)9-12-27(13-10-24)18-20-6-5-15-29-20/h3-8,15,19H,9-14,16-18H2,1-2H3,(H,25,28)/t19-/m0/s1. The molecule has 1 aliphatic heterocycles. The molecule has 0 saturated carbocycles. The van der Waals surface area contributed by atoms with Crippen LogP contribution in [0.15, 0.2) is 47.1 Å². The maximum Gasteiger partial charge on any atom is 0.220 e. The van der Waals surface area contributed by atoms with E-state index in [1.807, 2.05) is 20.2 Å². The van der Waals surface area contributed by atoms with Gasteiger partial charge in [0.25, 0.3) is 0 Å². The Morgan fingerprint density at radius 3 is 2.72 bits per heavy atom. The number of nitrogens with one attached hydrogen (secondary N) is 1. The lowest BCUT2D eigenvalue weighted by atomic mass is 9.73. The molecule has 1 N–H and O–H groups in total. The van der Waals surface area contributed by atoms with Gasteiger partial charge in [0.15, 0.2) is 0 Å². The number of carbonyl (C=O) groups is 1. The second-order valence-corrected chi connectivity index (χ2v) is 8.98. The smallest absolute Gasteiger partial charge is 0.220 e. The van der Waals surface area contributed by atoms with E-state index < -0.39 is 0 Å². The van der Waals surface area contributed by atoms with Crippen molar-refractivity contribution in [1.82, 2.24) is 15.1 Å². The van der Waals surface area contributed by atoms with Crippen LogP contribution in [0, 0.1) is 0 Å². The number of benzene rings is 1. The summed E-state index contributed by atoms with van der Waals surface area (Å²) in [6, 6.07) is 12.9. The van der Waals surface area contributed by atoms with Crippen molar-refractivity contribution in [1.29, 1.82) is 0 Å². The molecule has 156 valence electrons. The Morgan fingerprint density at radius 1 is 1.21 bits per heavy atom. The molecule has 5 heteroatoms. The molecule has 1 aromatic heterocycles. The van der Waals surface area contributed by atoms with Crippen LogP contribution in [0.1, 0.15) is 48.5 Å². The number of hydrogen-bond acceptors (Lipinski definition) is 4. The van der Waals surface area contributed by atoms with E-state index in [4.69, 9.17) is 4.42 Å². The number of rotatable bonds is 7. The lowest BCUT2D eigenvalue weighted by Crippen LogP contribution is -2.41. The van der Waals surface area contributed by atoms with Gasteiger partial charge in [0.05, 0.1) is 12.8 Å². The van der Waals surface area contributed by atoms with E-state index in [0.29, 0.717) is 18.9 Å². The number of furan rings is 1. The molecule has 5 nitrogen and oxygen atoms in total. The third-order valence-electron chi connectivity index (χ3n) is 6.69. The van der Waals surface area contributed by atoms with Crippen LogP contribution in [-0.2, 0) is 16.8 Å². The van der Waals surface area contributed by atoms with Gasteiger partial charge in [-0.15, -0.1) is 0 Å². The topological polar surface area (TPSA) is 48.7 Å². The number of piperidine rings is 1. The van der Waals surface area contributed by atoms with E-state index in [-0.39, 0.29) is 11.3 Å². The quantitative estimate of drug-likeness (QED) is 0.781. The van der Waals surface area contributed by atoms with Crippen molar-refractivity contribution in [3.63, 3.8) is 0 Å². The van der Waals surface area contributed by atoms with Gasteiger partial charge in [-0.2, -0.15) is 0 Å². The van der Waals surface area contributed by atoms with E-state index in [2.05, 4.69) is 45.4 Å². The van der Waals surface area contributed by atoms with Gasteiger partial charge in [-0.05, 0) is 81.0 Å². The van der Waals surface area contributed by atoms with Gasteiger partial charge >= 0.3 is 0 Å². The van der Waals surface area contributed by atoms with Gasteiger partial charge in [-0.3, -0.25) is 9.69 Å². The molecule has 2 heterocycles. The van der Waals surface area contributed by atoms with Crippen LogP contribution in [0.4, 0.5) is 0 Å². The molecule has 1 aromatic carbocycles. The average Bonchev–Trinajstić information content (AvgIpc) is 3.31. The average molecular weight is 396 g/mol. The molecule has 0 unspecified atom stereocenters. The lowest BCUT2D eigenvalue weighted by Gasteiger charge is -2.40. The number of fused-ring (bicyclic) bond motifs is 2. The molecule has 1 fully saturated rings. The van der Waals surface area contributed by atoms with Crippen molar-refractivity contribution in [3.8, 4) is 0 Å². The minimum Gasteiger partial charge on any atom is -0.468 e. The summed E-state index contributed by atoms with van der Waals surface area (Å²) in [4.78, 5) is 17.1. The molecule has 2 aromatic rings. The first-order valence-electron chi connectivity index (χ1n) is 10.8. The Hall–Kier alpha value is -2.11. The summed E-state index contributed by atoms with van der Waals surface area (Å²) < 4.78 is 5.53. The molecule has 1 saturated heterocycles. The van der Waals surface area contributed by atoms with Crippen LogP contribution in [0.2, 0.25) is 0 Å². The van der Waals surface area contributed by atoms with Gasteiger partial charge in [0.2, 0.25) is 5.91 Å². The minimum absolute atomic E-state index is 0.180. The van der Waals surface area contributed by atoms with E-state index >= 15 is 0 Å². The van der Waals surface area contributed by atoms with Crippen molar-refractivity contribution in [2.45, 2.75) is 43.6 Å². The van der Waals surface area contributed by atoms with Crippen LogP contribution in [-0.4, -0.2) is 56.0 Å². The fraction of sp³-hybridized carbons (Fsp3) is 0.542. The van der Waals surface area contributed by atoms with Gasteiger partial charge in [-0.25, -0.2) is 0 Å². The fourth-order valence-corrected chi connectivity index (χ4v) is 5.16. The number of amides is 1. The Morgan fingerprint density at radius 2 is 2.00 bits per heavy atom. The minimum atomic E-state index is 0.180. The second kappa shape index (κ2) is 8.72. The molecule has 1 amide bonds.